The number of ether oxygens (including phenoxy) is 1. The third kappa shape index (κ3) is 3.97. The Bertz CT molecular complexity index is 736. The van der Waals surface area contributed by atoms with Crippen molar-refractivity contribution in [3.63, 3.8) is 0 Å². The second-order valence-corrected chi connectivity index (χ2v) is 5.98. The Morgan fingerprint density at radius 2 is 2.00 bits per heavy atom. The summed E-state index contributed by atoms with van der Waals surface area (Å²) in [6, 6.07) is 12.9. The summed E-state index contributed by atoms with van der Waals surface area (Å²) in [6.07, 6.45) is -0.670. The summed E-state index contributed by atoms with van der Waals surface area (Å²) in [5, 5.41) is 12.8. The van der Waals surface area contributed by atoms with E-state index in [1.54, 1.807) is 23.1 Å². The predicted octanol–water partition coefficient (Wildman–Crippen LogP) is 3.11. The number of carbonyl (C=O) groups excluding carboxylic acids is 1. The van der Waals surface area contributed by atoms with Crippen LogP contribution in [0.4, 0.5) is 14.9 Å². The molecule has 2 amide bonds. The van der Waals surface area contributed by atoms with Gasteiger partial charge in [-0.2, -0.15) is 0 Å². The number of anilines is 1. The number of rotatable bonds is 4. The van der Waals surface area contributed by atoms with E-state index in [0.29, 0.717) is 18.8 Å². The van der Waals surface area contributed by atoms with Gasteiger partial charge in [0.2, 0.25) is 0 Å². The van der Waals surface area contributed by atoms with Crippen molar-refractivity contribution in [2.45, 2.75) is 19.1 Å². The van der Waals surface area contributed by atoms with E-state index in [1.165, 1.54) is 12.1 Å². The Kier molecular flexibility index (Phi) is 5.31. The van der Waals surface area contributed by atoms with E-state index in [1.807, 2.05) is 25.1 Å². The van der Waals surface area contributed by atoms with Crippen LogP contribution in [0.2, 0.25) is 0 Å². The number of aliphatic hydroxyl groups excluding tert-OH is 1. The first-order chi connectivity index (χ1) is 12.1. The van der Waals surface area contributed by atoms with E-state index in [9.17, 15) is 14.3 Å². The molecule has 132 valence electrons. The maximum atomic E-state index is 13.1. The second kappa shape index (κ2) is 7.63. The summed E-state index contributed by atoms with van der Waals surface area (Å²) in [5.74, 6) is -0.288. The lowest BCUT2D eigenvalue weighted by Gasteiger charge is -2.28. The van der Waals surface area contributed by atoms with Gasteiger partial charge in [0.1, 0.15) is 5.82 Å². The lowest BCUT2D eigenvalue weighted by atomic mass is 10.1. The lowest BCUT2D eigenvalue weighted by Crippen LogP contribution is -2.48. The van der Waals surface area contributed by atoms with Gasteiger partial charge < -0.3 is 20.1 Å². The van der Waals surface area contributed by atoms with Gasteiger partial charge in [0.05, 0.1) is 25.4 Å². The van der Waals surface area contributed by atoms with Crippen LogP contribution < -0.4 is 5.32 Å². The topological polar surface area (TPSA) is 61.8 Å². The van der Waals surface area contributed by atoms with Gasteiger partial charge in [-0.3, -0.25) is 0 Å². The molecule has 6 heteroatoms. The van der Waals surface area contributed by atoms with Gasteiger partial charge in [0.25, 0.3) is 0 Å². The maximum absolute atomic E-state index is 13.1. The number of hydrogen-bond donors (Lipinski definition) is 2. The number of aliphatic hydroxyl groups is 1. The zero-order valence-electron chi connectivity index (χ0n) is 14.0. The molecule has 0 aliphatic carbocycles. The number of amides is 2. The van der Waals surface area contributed by atoms with Crippen LogP contribution in [0, 0.1) is 5.82 Å². The van der Waals surface area contributed by atoms with E-state index >= 15 is 0 Å². The van der Waals surface area contributed by atoms with E-state index in [4.69, 9.17) is 4.74 Å². The van der Waals surface area contributed by atoms with Crippen LogP contribution in [-0.2, 0) is 4.74 Å². The average Bonchev–Trinajstić information content (AvgIpc) is 3.02. The quantitative estimate of drug-likeness (QED) is 0.896. The van der Waals surface area contributed by atoms with E-state index in [-0.39, 0.29) is 24.5 Å². The number of hydrogen-bond acceptors (Lipinski definition) is 3. The Morgan fingerprint density at radius 3 is 2.64 bits per heavy atom. The highest BCUT2D eigenvalue weighted by atomic mass is 19.1. The Balaban J connectivity index is 1.74. The van der Waals surface area contributed by atoms with Gasteiger partial charge in [-0.05, 0) is 42.3 Å². The van der Waals surface area contributed by atoms with E-state index < -0.39 is 6.10 Å². The number of carbonyl (C=O) groups is 1. The van der Waals surface area contributed by atoms with Crippen LogP contribution >= 0.6 is 0 Å². The van der Waals surface area contributed by atoms with Crippen LogP contribution in [0.25, 0.3) is 11.1 Å². The van der Waals surface area contributed by atoms with Gasteiger partial charge in [-0.1, -0.05) is 24.3 Å². The Hall–Kier alpha value is -2.44. The fraction of sp³-hybridized carbons (Fsp3) is 0.316. The van der Waals surface area contributed by atoms with Crippen molar-refractivity contribution in [1.29, 1.82) is 0 Å². The number of benzene rings is 2. The first kappa shape index (κ1) is 17.4. The molecule has 1 saturated heterocycles. The molecular formula is C19H21FN2O3. The van der Waals surface area contributed by atoms with Gasteiger partial charge in [-0.15, -0.1) is 0 Å². The van der Waals surface area contributed by atoms with Crippen molar-refractivity contribution in [1.82, 2.24) is 4.90 Å². The molecule has 2 atom stereocenters. The highest BCUT2D eigenvalue weighted by molar-refractivity contribution is 5.90. The zero-order chi connectivity index (χ0) is 17.8. The summed E-state index contributed by atoms with van der Waals surface area (Å²) in [4.78, 5) is 14.1. The third-order valence-corrected chi connectivity index (χ3v) is 4.31. The Labute approximate surface area is 146 Å². The minimum Gasteiger partial charge on any atom is -0.388 e. The van der Waals surface area contributed by atoms with Crippen molar-refractivity contribution in [3.05, 3.63) is 54.3 Å². The van der Waals surface area contributed by atoms with Gasteiger partial charge in [-0.25, -0.2) is 9.18 Å². The first-order valence-corrected chi connectivity index (χ1v) is 8.28. The molecule has 25 heavy (non-hydrogen) atoms. The molecule has 1 fully saturated rings. The molecule has 3 rings (SSSR count). The summed E-state index contributed by atoms with van der Waals surface area (Å²) in [7, 11) is 0. The molecule has 1 heterocycles. The van der Waals surface area contributed by atoms with Crippen LogP contribution in [0.5, 0.6) is 0 Å². The maximum Gasteiger partial charge on any atom is 0.322 e. The molecule has 5 nitrogen and oxygen atoms in total. The summed E-state index contributed by atoms with van der Waals surface area (Å²) in [6.45, 7) is 2.90. The zero-order valence-corrected chi connectivity index (χ0v) is 14.0. The SMILES string of the molecule is CCN(C(=O)Nc1cccc(-c2ccc(F)cc2)c1)[C@H]1COC[C@@H]1O. The summed E-state index contributed by atoms with van der Waals surface area (Å²) < 4.78 is 18.3. The lowest BCUT2D eigenvalue weighted by molar-refractivity contribution is 0.1000. The molecule has 0 bridgehead atoms. The van der Waals surface area contributed by atoms with Crippen LogP contribution in [0.3, 0.4) is 0 Å². The molecule has 0 spiro atoms. The number of urea groups is 1. The molecule has 1 aliphatic heterocycles. The molecule has 0 aromatic heterocycles. The molecular weight excluding hydrogens is 323 g/mol. The third-order valence-electron chi connectivity index (χ3n) is 4.31. The number of nitrogens with one attached hydrogen (secondary N) is 1. The highest BCUT2D eigenvalue weighted by Crippen LogP contribution is 2.23. The standard InChI is InChI=1S/C19H21FN2O3/c1-2-22(17-11-25-12-18(17)23)19(24)21-16-5-3-4-14(10-16)13-6-8-15(20)9-7-13/h3-10,17-18,23H,2,11-12H2,1H3,(H,21,24)/t17-,18-/m0/s1. The second-order valence-electron chi connectivity index (χ2n) is 5.98. The number of likely N-dealkylation sites (N-methyl/N-ethyl adjacent to an activating group) is 1. The minimum absolute atomic E-state index is 0.245. The predicted molar refractivity (Wildman–Crippen MR) is 93.8 cm³/mol. The summed E-state index contributed by atoms with van der Waals surface area (Å²) >= 11 is 0. The molecule has 0 unspecified atom stereocenters. The summed E-state index contributed by atoms with van der Waals surface area (Å²) in [5.41, 5.74) is 2.38. The van der Waals surface area contributed by atoms with Crippen LogP contribution in [0.15, 0.2) is 48.5 Å². The smallest absolute Gasteiger partial charge is 0.322 e. The number of nitrogens with zero attached hydrogens (tertiary/aromatic N) is 1. The monoisotopic (exact) mass is 344 g/mol. The molecule has 2 aromatic carbocycles. The molecule has 2 aromatic rings. The van der Waals surface area contributed by atoms with Crippen LogP contribution in [-0.4, -0.2) is 47.9 Å². The Morgan fingerprint density at radius 1 is 1.24 bits per heavy atom. The van der Waals surface area contributed by atoms with Crippen molar-refractivity contribution in [3.8, 4) is 11.1 Å². The van der Waals surface area contributed by atoms with Crippen molar-refractivity contribution < 1.29 is 19.0 Å². The largest absolute Gasteiger partial charge is 0.388 e. The fourth-order valence-corrected chi connectivity index (χ4v) is 2.97. The minimum atomic E-state index is -0.670. The average molecular weight is 344 g/mol. The van der Waals surface area contributed by atoms with E-state index in [2.05, 4.69) is 5.32 Å². The normalized spacial score (nSPS) is 19.6. The first-order valence-electron chi connectivity index (χ1n) is 8.28. The van der Waals surface area contributed by atoms with Crippen molar-refractivity contribution in [2.24, 2.45) is 0 Å². The molecule has 0 saturated carbocycles. The van der Waals surface area contributed by atoms with Crippen molar-refractivity contribution in [2.75, 3.05) is 25.1 Å². The van der Waals surface area contributed by atoms with Crippen LogP contribution in [0.1, 0.15) is 6.92 Å². The van der Waals surface area contributed by atoms with Crippen molar-refractivity contribution >= 4 is 11.7 Å². The number of halogens is 1. The molecule has 0 radical (unpaired) electrons. The highest BCUT2D eigenvalue weighted by Gasteiger charge is 2.33. The molecule has 1 aliphatic rings. The fourth-order valence-electron chi connectivity index (χ4n) is 2.97. The van der Waals surface area contributed by atoms with E-state index in [0.717, 1.165) is 11.1 Å². The van der Waals surface area contributed by atoms with Gasteiger partial charge in [0.15, 0.2) is 0 Å². The van der Waals surface area contributed by atoms with Gasteiger partial charge >= 0.3 is 6.03 Å². The van der Waals surface area contributed by atoms with Gasteiger partial charge in [0, 0.05) is 12.2 Å². The molecule has 2 N–H and O–H groups in total.